The van der Waals surface area contributed by atoms with E-state index in [1.165, 1.54) is 62.6 Å². The van der Waals surface area contributed by atoms with E-state index in [0.717, 1.165) is 12.8 Å². The zero-order valence-corrected chi connectivity index (χ0v) is 30.8. The van der Waals surface area contributed by atoms with Gasteiger partial charge in [0.25, 0.3) is 5.91 Å². The maximum absolute atomic E-state index is 14.0. The van der Waals surface area contributed by atoms with E-state index in [1.54, 1.807) is 26.8 Å². The molecule has 1 aliphatic carbocycles. The number of hydrogen-bond donors (Lipinski definition) is 6. The second-order valence-electron chi connectivity index (χ2n) is 12.7. The molecule has 54 heavy (non-hydrogen) atoms. The van der Waals surface area contributed by atoms with Gasteiger partial charge in [0.05, 0.1) is 18.9 Å². The lowest BCUT2D eigenvalue weighted by Gasteiger charge is -2.20. The lowest BCUT2D eigenvalue weighted by atomic mass is 9.94. The monoisotopic (exact) mass is 746 g/mol. The zero-order valence-electron chi connectivity index (χ0n) is 30.8. The Morgan fingerprint density at radius 2 is 1.70 bits per heavy atom. The minimum absolute atomic E-state index is 0.0850. The van der Waals surface area contributed by atoms with Gasteiger partial charge in [0.1, 0.15) is 23.9 Å². The van der Waals surface area contributed by atoms with Crippen molar-refractivity contribution in [1.29, 1.82) is 5.41 Å². The molecule has 0 spiro atoms. The summed E-state index contributed by atoms with van der Waals surface area (Å²) in [6.07, 6.45) is -1.90. The first-order valence-corrected chi connectivity index (χ1v) is 17.3. The van der Waals surface area contributed by atoms with Crippen LogP contribution in [0.2, 0.25) is 0 Å². The number of hydrogen-bond acceptors (Lipinski definition) is 14. The number of anilines is 1. The molecule has 1 heterocycles. The number of benzene rings is 2. The van der Waals surface area contributed by atoms with Gasteiger partial charge in [-0.3, -0.25) is 20.8 Å². The molecule has 7 N–H and O–H groups in total. The number of ether oxygens (including phenoxy) is 5. The van der Waals surface area contributed by atoms with Crippen molar-refractivity contribution in [1.82, 2.24) is 15.6 Å². The van der Waals surface area contributed by atoms with Gasteiger partial charge >= 0.3 is 18.2 Å². The van der Waals surface area contributed by atoms with Crippen molar-refractivity contribution in [2.24, 2.45) is 11.7 Å². The van der Waals surface area contributed by atoms with Gasteiger partial charge in [0, 0.05) is 53.5 Å². The van der Waals surface area contributed by atoms with Crippen LogP contribution in [-0.2, 0) is 18.9 Å². The SMILES string of the molecule is C=Cc1cc(C(=O)Nc2ccc(C(=N)NC(=O)OC(C)CN)cc2)c(-c2ccc(C(O)NCC3CC3)nc2C(=O)OC(C)OC(=O)OC(C)C)cc1OC. The molecule has 16 heteroatoms. The number of carbonyl (C=O) groups is 4. The molecule has 3 aromatic rings. The smallest absolute Gasteiger partial charge is 0.496 e. The molecule has 0 saturated heterocycles. The van der Waals surface area contributed by atoms with Crippen LogP contribution in [0.25, 0.3) is 17.2 Å². The molecule has 1 aromatic heterocycles. The Kier molecular flexibility index (Phi) is 14.2. The molecule has 0 bridgehead atoms. The molecule has 2 aromatic carbocycles. The summed E-state index contributed by atoms with van der Waals surface area (Å²) in [5, 5.41) is 27.3. The Morgan fingerprint density at radius 1 is 1.00 bits per heavy atom. The third-order valence-electron chi connectivity index (χ3n) is 7.98. The van der Waals surface area contributed by atoms with Gasteiger partial charge in [-0.05, 0) is 88.1 Å². The lowest BCUT2D eigenvalue weighted by molar-refractivity contribution is -0.0869. The van der Waals surface area contributed by atoms with Crippen molar-refractivity contribution >= 4 is 41.7 Å². The standard InChI is InChI=1S/C38H46N6O10/c1-7-24-16-29(34(45)42-26-12-10-25(11-13-26)33(40)44-37(48)52-21(4)18-39)28(17-31(24)50-6)27-14-15-30(35(46)41-19-23-8-9-23)43-32(27)36(47)53-22(5)54-38(49)51-20(2)3/h7,10-17,20-23,35,41,46H,1,8-9,18-19,39H2,2-6H3,(H,42,45)(H2,40,44,48). The highest BCUT2D eigenvalue weighted by Crippen LogP contribution is 2.35. The van der Waals surface area contributed by atoms with E-state index in [-0.39, 0.29) is 40.5 Å². The predicted molar refractivity (Wildman–Crippen MR) is 199 cm³/mol. The van der Waals surface area contributed by atoms with Crippen LogP contribution in [-0.4, -0.2) is 78.7 Å². The van der Waals surface area contributed by atoms with E-state index in [2.05, 4.69) is 27.5 Å². The number of alkyl carbamates (subject to hydrolysis) is 1. The van der Waals surface area contributed by atoms with E-state index in [0.29, 0.717) is 35.0 Å². The molecule has 2 amide bonds. The molecule has 1 fully saturated rings. The number of amidine groups is 1. The molecule has 3 unspecified atom stereocenters. The molecule has 3 atom stereocenters. The van der Waals surface area contributed by atoms with E-state index in [9.17, 15) is 24.3 Å². The maximum Gasteiger partial charge on any atom is 0.511 e. The highest BCUT2D eigenvalue weighted by molar-refractivity contribution is 6.11. The molecule has 4 rings (SSSR count). The van der Waals surface area contributed by atoms with Crippen LogP contribution in [0.5, 0.6) is 5.75 Å². The van der Waals surface area contributed by atoms with E-state index >= 15 is 0 Å². The van der Waals surface area contributed by atoms with Gasteiger partial charge in [-0.15, -0.1) is 0 Å². The number of nitrogens with one attached hydrogen (secondary N) is 4. The number of rotatable bonds is 16. The normalized spacial score (nSPS) is 13.9. The van der Waals surface area contributed by atoms with Gasteiger partial charge in [-0.1, -0.05) is 12.7 Å². The van der Waals surface area contributed by atoms with Crippen LogP contribution in [0, 0.1) is 11.3 Å². The van der Waals surface area contributed by atoms with Crippen molar-refractivity contribution in [3.05, 3.63) is 83.2 Å². The Bertz CT molecular complexity index is 1860. The number of methoxy groups -OCH3 is 1. The van der Waals surface area contributed by atoms with Crippen LogP contribution in [0.4, 0.5) is 15.3 Å². The molecular weight excluding hydrogens is 700 g/mol. The first-order valence-electron chi connectivity index (χ1n) is 17.3. The number of aliphatic hydroxyl groups is 1. The average molecular weight is 747 g/mol. The van der Waals surface area contributed by atoms with Crippen LogP contribution < -0.4 is 26.4 Å². The molecular formula is C38H46N6O10. The Morgan fingerprint density at radius 3 is 2.31 bits per heavy atom. The minimum Gasteiger partial charge on any atom is -0.496 e. The third kappa shape index (κ3) is 11.3. The highest BCUT2D eigenvalue weighted by Gasteiger charge is 2.28. The second kappa shape index (κ2) is 18.8. The summed E-state index contributed by atoms with van der Waals surface area (Å²) < 4.78 is 26.1. The first-order chi connectivity index (χ1) is 25.7. The number of pyridine rings is 1. The summed E-state index contributed by atoms with van der Waals surface area (Å²) in [6, 6.07) is 12.2. The van der Waals surface area contributed by atoms with Crippen LogP contribution in [0.15, 0.2) is 55.1 Å². The minimum atomic E-state index is -1.39. The van der Waals surface area contributed by atoms with E-state index in [1.807, 2.05) is 0 Å². The van der Waals surface area contributed by atoms with E-state index in [4.69, 9.17) is 34.8 Å². The Hall–Kier alpha value is -5.84. The van der Waals surface area contributed by atoms with E-state index < -0.39 is 48.9 Å². The average Bonchev–Trinajstić information content (AvgIpc) is 3.97. The molecule has 1 saturated carbocycles. The Labute approximate surface area is 312 Å². The number of aromatic nitrogens is 1. The van der Waals surface area contributed by atoms with Crippen LogP contribution in [0.1, 0.15) is 84.4 Å². The molecule has 1 aliphatic rings. The van der Waals surface area contributed by atoms with Gasteiger partial charge in [-0.25, -0.2) is 19.4 Å². The number of nitrogens with zero attached hydrogens (tertiary/aromatic N) is 1. The fourth-order valence-electron chi connectivity index (χ4n) is 4.99. The topological polar surface area (TPSA) is 234 Å². The summed E-state index contributed by atoms with van der Waals surface area (Å²) in [5.74, 6) is -1.07. The fraction of sp³-hybridized carbons (Fsp3) is 0.368. The molecule has 0 radical (unpaired) electrons. The van der Waals surface area contributed by atoms with Gasteiger partial charge in [0.2, 0.25) is 6.29 Å². The number of carbonyl (C=O) groups excluding carboxylic acids is 4. The first kappa shape index (κ1) is 40.9. The van der Waals surface area contributed by atoms with Crippen molar-refractivity contribution in [3.8, 4) is 16.9 Å². The second-order valence-corrected chi connectivity index (χ2v) is 12.7. The van der Waals surface area contributed by atoms with Gasteiger partial charge in [-0.2, -0.15) is 0 Å². The molecule has 288 valence electrons. The summed E-state index contributed by atoms with van der Waals surface area (Å²) in [4.78, 5) is 56.3. The van der Waals surface area contributed by atoms with Crippen molar-refractivity contribution in [2.75, 3.05) is 25.5 Å². The Balaban J connectivity index is 1.69. The number of amides is 2. The van der Waals surface area contributed by atoms with Crippen molar-refractivity contribution in [2.45, 2.75) is 65.3 Å². The molecule has 0 aliphatic heterocycles. The van der Waals surface area contributed by atoms with Crippen LogP contribution >= 0.6 is 0 Å². The number of esters is 1. The summed E-state index contributed by atoms with van der Waals surface area (Å²) >= 11 is 0. The van der Waals surface area contributed by atoms with Crippen molar-refractivity contribution in [3.63, 3.8) is 0 Å². The predicted octanol–water partition coefficient (Wildman–Crippen LogP) is 5.11. The largest absolute Gasteiger partial charge is 0.511 e. The molecule has 16 nitrogen and oxygen atoms in total. The van der Waals surface area contributed by atoms with Gasteiger partial charge in [0.15, 0.2) is 5.69 Å². The fourth-order valence-corrected chi connectivity index (χ4v) is 4.99. The number of nitrogens with two attached hydrogens (primary N) is 1. The zero-order chi connectivity index (χ0) is 39.5. The summed E-state index contributed by atoms with van der Waals surface area (Å²) in [5.41, 5.74) is 6.88. The lowest BCUT2D eigenvalue weighted by Crippen LogP contribution is -2.35. The van der Waals surface area contributed by atoms with Crippen LogP contribution in [0.3, 0.4) is 0 Å². The van der Waals surface area contributed by atoms with Crippen molar-refractivity contribution < 1.29 is 48.0 Å². The maximum atomic E-state index is 14.0. The summed E-state index contributed by atoms with van der Waals surface area (Å²) in [6.45, 7) is 10.7. The third-order valence-corrected chi connectivity index (χ3v) is 7.98. The van der Waals surface area contributed by atoms with Gasteiger partial charge < -0.3 is 39.8 Å². The highest BCUT2D eigenvalue weighted by atomic mass is 16.8. The summed E-state index contributed by atoms with van der Waals surface area (Å²) in [7, 11) is 1.44. The number of aliphatic hydroxyl groups excluding tert-OH is 1. The quantitative estimate of drug-likeness (QED) is 0.0368.